The van der Waals surface area contributed by atoms with Gasteiger partial charge in [-0.1, -0.05) is 0 Å². The van der Waals surface area contributed by atoms with E-state index in [1.54, 1.807) is 0 Å². The fourth-order valence-corrected chi connectivity index (χ4v) is 1.79. The summed E-state index contributed by atoms with van der Waals surface area (Å²) in [5.74, 6) is 0.164. The van der Waals surface area contributed by atoms with Crippen molar-refractivity contribution in [1.82, 2.24) is 10.3 Å². The maximum Gasteiger partial charge on any atom is 0.289 e. The molecule has 0 spiro atoms. The smallest absolute Gasteiger partial charge is 0.289 e. The van der Waals surface area contributed by atoms with Gasteiger partial charge in [0.15, 0.2) is 0 Å². The van der Waals surface area contributed by atoms with Gasteiger partial charge in [-0.15, -0.1) is 0 Å². The number of nitriles is 1. The third kappa shape index (κ3) is 2.73. The van der Waals surface area contributed by atoms with Crippen LogP contribution in [-0.2, 0) is 0 Å². The molecule has 7 nitrogen and oxygen atoms in total. The second-order valence-corrected chi connectivity index (χ2v) is 4.00. The van der Waals surface area contributed by atoms with E-state index in [4.69, 9.17) is 10.00 Å². The minimum Gasteiger partial charge on any atom is -0.472 e. The second kappa shape index (κ2) is 5.42. The molecule has 1 saturated heterocycles. The molecule has 1 N–H and O–H groups in total. The lowest BCUT2D eigenvalue weighted by atomic mass is 10.1. The summed E-state index contributed by atoms with van der Waals surface area (Å²) >= 11 is 0. The van der Waals surface area contributed by atoms with Crippen molar-refractivity contribution in [3.63, 3.8) is 0 Å². The van der Waals surface area contributed by atoms with Gasteiger partial charge in [-0.25, -0.2) is 4.98 Å². The maximum atomic E-state index is 10.6. The Morgan fingerprint density at radius 1 is 1.67 bits per heavy atom. The molecule has 1 atom stereocenters. The Hall–Kier alpha value is -2.20. The summed E-state index contributed by atoms with van der Waals surface area (Å²) in [6, 6.07) is 3.05. The van der Waals surface area contributed by atoms with Crippen LogP contribution < -0.4 is 10.1 Å². The summed E-state index contributed by atoms with van der Waals surface area (Å²) < 4.78 is 5.59. The Labute approximate surface area is 104 Å². The van der Waals surface area contributed by atoms with Crippen LogP contribution in [0.15, 0.2) is 12.3 Å². The zero-order chi connectivity index (χ0) is 13.0. The Kier molecular flexibility index (Phi) is 3.69. The van der Waals surface area contributed by atoms with Crippen LogP contribution in [0.3, 0.4) is 0 Å². The van der Waals surface area contributed by atoms with Gasteiger partial charge in [0.2, 0.25) is 5.88 Å². The van der Waals surface area contributed by atoms with Crippen LogP contribution >= 0.6 is 0 Å². The van der Waals surface area contributed by atoms with Crippen LogP contribution in [0.5, 0.6) is 5.88 Å². The van der Waals surface area contributed by atoms with Gasteiger partial charge in [0.25, 0.3) is 5.69 Å². The number of piperidine rings is 1. The third-order valence-corrected chi connectivity index (χ3v) is 2.70. The summed E-state index contributed by atoms with van der Waals surface area (Å²) in [6.45, 7) is 1.65. The number of aromatic nitrogens is 1. The molecular weight excluding hydrogens is 236 g/mol. The summed E-state index contributed by atoms with van der Waals surface area (Å²) in [4.78, 5) is 13.8. The predicted molar refractivity (Wildman–Crippen MR) is 62.1 cm³/mol. The van der Waals surface area contributed by atoms with Crippen molar-refractivity contribution in [3.8, 4) is 11.9 Å². The Balaban J connectivity index is 2.17. The van der Waals surface area contributed by atoms with Crippen LogP contribution in [0.25, 0.3) is 0 Å². The molecule has 0 bridgehead atoms. The Morgan fingerprint density at radius 3 is 3.11 bits per heavy atom. The lowest BCUT2D eigenvalue weighted by Crippen LogP contribution is -2.37. The summed E-state index contributed by atoms with van der Waals surface area (Å²) in [7, 11) is 0. The van der Waals surface area contributed by atoms with E-state index < -0.39 is 4.92 Å². The van der Waals surface area contributed by atoms with E-state index >= 15 is 0 Å². The molecule has 0 aliphatic carbocycles. The highest BCUT2D eigenvalue weighted by molar-refractivity contribution is 5.45. The van der Waals surface area contributed by atoms with Crippen LogP contribution in [0.1, 0.15) is 18.4 Å². The first-order chi connectivity index (χ1) is 8.70. The van der Waals surface area contributed by atoms with Gasteiger partial charge >= 0.3 is 0 Å². The van der Waals surface area contributed by atoms with Crippen molar-refractivity contribution in [3.05, 3.63) is 27.9 Å². The van der Waals surface area contributed by atoms with E-state index in [9.17, 15) is 10.1 Å². The normalized spacial score (nSPS) is 18.9. The number of ether oxygens (including phenoxy) is 1. The average Bonchev–Trinajstić information content (AvgIpc) is 2.40. The molecule has 2 heterocycles. The molecule has 2 rings (SSSR count). The van der Waals surface area contributed by atoms with Gasteiger partial charge in [-0.2, -0.15) is 5.26 Å². The first-order valence-corrected chi connectivity index (χ1v) is 5.62. The second-order valence-electron chi connectivity index (χ2n) is 4.00. The van der Waals surface area contributed by atoms with Crippen LogP contribution in [0.2, 0.25) is 0 Å². The van der Waals surface area contributed by atoms with Crippen molar-refractivity contribution in [2.24, 2.45) is 0 Å². The van der Waals surface area contributed by atoms with Gasteiger partial charge in [-0.05, 0) is 19.4 Å². The first kappa shape index (κ1) is 12.3. The average molecular weight is 248 g/mol. The number of nitrogens with zero attached hydrogens (tertiary/aromatic N) is 3. The molecule has 0 saturated carbocycles. The lowest BCUT2D eigenvalue weighted by molar-refractivity contribution is -0.385. The van der Waals surface area contributed by atoms with Crippen LogP contribution in [-0.4, -0.2) is 29.1 Å². The van der Waals surface area contributed by atoms with E-state index in [2.05, 4.69) is 10.3 Å². The fourth-order valence-electron chi connectivity index (χ4n) is 1.79. The molecule has 0 unspecified atom stereocenters. The van der Waals surface area contributed by atoms with Crippen molar-refractivity contribution >= 4 is 5.69 Å². The quantitative estimate of drug-likeness (QED) is 0.632. The maximum absolute atomic E-state index is 10.6. The standard InChI is InChI=1S/C11H12N4O3/c12-5-8-4-9(15(16)17)6-14-11(8)18-10-2-1-3-13-7-10/h4,6,10,13H,1-3,7H2/t10-/m0/s1. The predicted octanol–water partition coefficient (Wildman–Crippen LogP) is 0.992. The van der Waals surface area contributed by atoms with Crippen molar-refractivity contribution in [2.45, 2.75) is 18.9 Å². The molecule has 1 aliphatic heterocycles. The molecule has 0 amide bonds. The molecule has 1 aromatic heterocycles. The largest absolute Gasteiger partial charge is 0.472 e. The minimum absolute atomic E-state index is 0.0418. The third-order valence-electron chi connectivity index (χ3n) is 2.70. The minimum atomic E-state index is -0.584. The number of hydrogen-bond donors (Lipinski definition) is 1. The van der Waals surface area contributed by atoms with E-state index in [1.165, 1.54) is 6.07 Å². The number of nitro groups is 1. The lowest BCUT2D eigenvalue weighted by Gasteiger charge is -2.23. The molecule has 1 aromatic rings. The number of nitrogens with one attached hydrogen (secondary N) is 1. The SMILES string of the molecule is N#Cc1cc([N+](=O)[O-])cnc1O[C@H]1CCCNC1. The highest BCUT2D eigenvalue weighted by Crippen LogP contribution is 2.22. The van der Waals surface area contributed by atoms with E-state index in [0.29, 0.717) is 6.54 Å². The van der Waals surface area contributed by atoms with E-state index in [0.717, 1.165) is 25.6 Å². The monoisotopic (exact) mass is 248 g/mol. The number of hydrogen-bond acceptors (Lipinski definition) is 6. The van der Waals surface area contributed by atoms with Gasteiger partial charge < -0.3 is 10.1 Å². The fraction of sp³-hybridized carbons (Fsp3) is 0.455. The van der Waals surface area contributed by atoms with Crippen LogP contribution in [0.4, 0.5) is 5.69 Å². The Bertz CT molecular complexity index is 492. The molecule has 94 valence electrons. The molecule has 1 fully saturated rings. The van der Waals surface area contributed by atoms with E-state index in [-0.39, 0.29) is 23.2 Å². The first-order valence-electron chi connectivity index (χ1n) is 5.62. The molecular formula is C11H12N4O3. The van der Waals surface area contributed by atoms with Crippen molar-refractivity contribution in [1.29, 1.82) is 5.26 Å². The van der Waals surface area contributed by atoms with Crippen LogP contribution in [0, 0.1) is 21.4 Å². The molecule has 18 heavy (non-hydrogen) atoms. The highest BCUT2D eigenvalue weighted by atomic mass is 16.6. The Morgan fingerprint density at radius 2 is 2.50 bits per heavy atom. The summed E-state index contributed by atoms with van der Waals surface area (Å²) in [6.07, 6.45) is 2.95. The van der Waals surface area contributed by atoms with Gasteiger partial charge in [0.05, 0.1) is 4.92 Å². The zero-order valence-electron chi connectivity index (χ0n) is 9.63. The van der Waals surface area contributed by atoms with E-state index in [1.807, 2.05) is 6.07 Å². The van der Waals surface area contributed by atoms with Gasteiger partial charge in [0.1, 0.15) is 23.9 Å². The number of rotatable bonds is 3. The van der Waals surface area contributed by atoms with Gasteiger partial charge in [0, 0.05) is 12.6 Å². The molecule has 7 heteroatoms. The summed E-state index contributed by atoms with van der Waals surface area (Å²) in [5, 5.41) is 22.7. The molecule has 0 aromatic carbocycles. The number of pyridine rings is 1. The molecule has 0 radical (unpaired) electrons. The molecule has 1 aliphatic rings. The topological polar surface area (TPSA) is 101 Å². The van der Waals surface area contributed by atoms with Crippen molar-refractivity contribution < 1.29 is 9.66 Å². The van der Waals surface area contributed by atoms with Crippen molar-refractivity contribution in [2.75, 3.05) is 13.1 Å². The zero-order valence-corrected chi connectivity index (χ0v) is 9.63. The summed E-state index contributed by atoms with van der Waals surface area (Å²) in [5.41, 5.74) is -0.115. The van der Waals surface area contributed by atoms with Gasteiger partial charge in [-0.3, -0.25) is 10.1 Å². The highest BCUT2D eigenvalue weighted by Gasteiger charge is 2.19.